The minimum Gasteiger partial charge on any atom is -0.327 e. The molecule has 1 aliphatic rings. The molecule has 0 amide bonds. The summed E-state index contributed by atoms with van der Waals surface area (Å²) in [6.07, 6.45) is 0.751. The summed E-state index contributed by atoms with van der Waals surface area (Å²) in [5, 5.41) is 2.95. The average Bonchev–Trinajstić information content (AvgIpc) is 1.97. The zero-order valence-electron chi connectivity index (χ0n) is 5.44. The minimum absolute atomic E-state index is 0.158. The molecule has 0 radical (unpaired) electrons. The topological polar surface area (TPSA) is 38.0 Å². The second-order valence-corrected chi connectivity index (χ2v) is 2.59. The number of hydrogen-bond acceptors (Lipinski definition) is 2. The summed E-state index contributed by atoms with van der Waals surface area (Å²) in [5.41, 5.74) is 5.57. The molecule has 1 aliphatic heterocycles. The number of alkyl halides is 1. The van der Waals surface area contributed by atoms with Crippen LogP contribution in [0.25, 0.3) is 0 Å². The zero-order valence-corrected chi connectivity index (χ0v) is 5.44. The van der Waals surface area contributed by atoms with Crippen LogP contribution in [0.15, 0.2) is 0 Å². The summed E-state index contributed by atoms with van der Waals surface area (Å²) >= 11 is 0. The Morgan fingerprint density at radius 1 is 1.33 bits per heavy atom. The van der Waals surface area contributed by atoms with Crippen molar-refractivity contribution < 1.29 is 4.39 Å². The van der Waals surface area contributed by atoms with Gasteiger partial charge < -0.3 is 11.1 Å². The van der Waals surface area contributed by atoms with E-state index < -0.39 is 6.17 Å². The molecule has 54 valence electrons. The van der Waals surface area contributed by atoms with Crippen LogP contribution in [0.1, 0.15) is 12.8 Å². The molecule has 0 aliphatic carbocycles. The van der Waals surface area contributed by atoms with E-state index in [-0.39, 0.29) is 6.04 Å². The molecule has 1 rings (SSSR count). The van der Waals surface area contributed by atoms with Gasteiger partial charge in [-0.3, -0.25) is 0 Å². The summed E-state index contributed by atoms with van der Waals surface area (Å²) in [6, 6.07) is 0.158. The lowest BCUT2D eigenvalue weighted by Gasteiger charge is -2.04. The lowest BCUT2D eigenvalue weighted by Crippen LogP contribution is -2.32. The minimum atomic E-state index is -0.682. The summed E-state index contributed by atoms with van der Waals surface area (Å²) in [7, 11) is 0. The Kier molecular flexibility index (Phi) is 2.42. The summed E-state index contributed by atoms with van der Waals surface area (Å²) in [6.45, 7) is 1.24. The molecule has 2 atom stereocenters. The molecule has 3 heteroatoms. The number of hydrogen-bond donors (Lipinski definition) is 2. The van der Waals surface area contributed by atoms with Crippen molar-refractivity contribution in [1.82, 2.24) is 5.32 Å². The van der Waals surface area contributed by atoms with Gasteiger partial charge in [-0.2, -0.15) is 0 Å². The van der Waals surface area contributed by atoms with E-state index >= 15 is 0 Å². The molecule has 1 saturated heterocycles. The van der Waals surface area contributed by atoms with Crippen LogP contribution in [0.3, 0.4) is 0 Å². The van der Waals surface area contributed by atoms with Crippen LogP contribution in [-0.2, 0) is 0 Å². The molecule has 0 aromatic carbocycles. The van der Waals surface area contributed by atoms with Crippen molar-refractivity contribution in [2.45, 2.75) is 25.1 Å². The smallest absolute Gasteiger partial charge is 0.113 e. The monoisotopic (exact) mass is 132 g/mol. The van der Waals surface area contributed by atoms with Crippen molar-refractivity contribution in [3.63, 3.8) is 0 Å². The van der Waals surface area contributed by atoms with E-state index in [1.54, 1.807) is 0 Å². The Balaban J connectivity index is 2.25. The number of nitrogens with two attached hydrogens (primary N) is 1. The van der Waals surface area contributed by atoms with Gasteiger partial charge in [0.1, 0.15) is 6.17 Å². The van der Waals surface area contributed by atoms with Gasteiger partial charge in [-0.1, -0.05) is 0 Å². The normalized spacial score (nSPS) is 38.0. The summed E-state index contributed by atoms with van der Waals surface area (Å²) < 4.78 is 12.5. The van der Waals surface area contributed by atoms with Gasteiger partial charge in [0.2, 0.25) is 0 Å². The molecule has 0 unspecified atom stereocenters. The predicted octanol–water partition coefficient (Wildman–Crippen LogP) is 0.0352. The van der Waals surface area contributed by atoms with E-state index in [0.29, 0.717) is 13.0 Å². The van der Waals surface area contributed by atoms with Crippen LogP contribution in [0, 0.1) is 0 Å². The van der Waals surface area contributed by atoms with E-state index in [0.717, 1.165) is 13.0 Å². The van der Waals surface area contributed by atoms with Crippen LogP contribution in [0.4, 0.5) is 4.39 Å². The fraction of sp³-hybridized carbons (Fsp3) is 1.00. The van der Waals surface area contributed by atoms with Crippen molar-refractivity contribution >= 4 is 0 Å². The lowest BCUT2D eigenvalue weighted by atomic mass is 10.1. The summed E-state index contributed by atoms with van der Waals surface area (Å²) in [4.78, 5) is 0. The first-order chi connectivity index (χ1) is 4.29. The number of halogens is 1. The van der Waals surface area contributed by atoms with Crippen molar-refractivity contribution in [1.29, 1.82) is 0 Å². The Morgan fingerprint density at radius 2 is 2.11 bits per heavy atom. The molecule has 3 N–H and O–H groups in total. The van der Waals surface area contributed by atoms with Gasteiger partial charge in [-0.15, -0.1) is 0 Å². The lowest BCUT2D eigenvalue weighted by molar-refractivity contribution is 0.313. The third-order valence-electron chi connectivity index (χ3n) is 1.62. The molecular weight excluding hydrogens is 119 g/mol. The van der Waals surface area contributed by atoms with Gasteiger partial charge >= 0.3 is 0 Å². The molecule has 0 saturated carbocycles. The van der Waals surface area contributed by atoms with E-state index in [1.807, 2.05) is 0 Å². The molecule has 0 aromatic heterocycles. The van der Waals surface area contributed by atoms with Gasteiger partial charge in [-0.05, 0) is 12.8 Å². The molecule has 0 aromatic rings. The SMILES string of the molecule is N[C@H]1CC[C@H](F)CNC1. The zero-order chi connectivity index (χ0) is 6.69. The second-order valence-electron chi connectivity index (χ2n) is 2.59. The third-order valence-corrected chi connectivity index (χ3v) is 1.62. The first kappa shape index (κ1) is 6.96. The predicted molar refractivity (Wildman–Crippen MR) is 35.0 cm³/mol. The first-order valence-electron chi connectivity index (χ1n) is 3.39. The first-order valence-corrected chi connectivity index (χ1v) is 3.39. The highest BCUT2D eigenvalue weighted by atomic mass is 19.1. The quantitative estimate of drug-likeness (QED) is 0.488. The highest BCUT2D eigenvalue weighted by Crippen LogP contribution is 2.05. The maximum absolute atomic E-state index is 12.5. The fourth-order valence-corrected chi connectivity index (χ4v) is 1.02. The van der Waals surface area contributed by atoms with E-state index in [1.165, 1.54) is 0 Å². The largest absolute Gasteiger partial charge is 0.327 e. The van der Waals surface area contributed by atoms with Crippen molar-refractivity contribution in [3.05, 3.63) is 0 Å². The van der Waals surface area contributed by atoms with Gasteiger partial charge in [0.05, 0.1) is 0 Å². The Labute approximate surface area is 54.6 Å². The van der Waals surface area contributed by atoms with Crippen molar-refractivity contribution in [3.8, 4) is 0 Å². The van der Waals surface area contributed by atoms with E-state index in [4.69, 9.17) is 5.73 Å². The van der Waals surface area contributed by atoms with Gasteiger partial charge in [0.25, 0.3) is 0 Å². The molecule has 0 bridgehead atoms. The van der Waals surface area contributed by atoms with E-state index in [2.05, 4.69) is 5.32 Å². The summed E-state index contributed by atoms with van der Waals surface area (Å²) in [5.74, 6) is 0. The van der Waals surface area contributed by atoms with Crippen LogP contribution in [0.5, 0.6) is 0 Å². The van der Waals surface area contributed by atoms with Crippen LogP contribution in [0.2, 0.25) is 0 Å². The third kappa shape index (κ3) is 2.28. The molecular formula is C6H13FN2. The van der Waals surface area contributed by atoms with Gasteiger partial charge in [0, 0.05) is 19.1 Å². The Morgan fingerprint density at radius 3 is 2.89 bits per heavy atom. The molecule has 1 fully saturated rings. The Hall–Kier alpha value is -0.150. The molecule has 2 nitrogen and oxygen atoms in total. The van der Waals surface area contributed by atoms with Gasteiger partial charge in [-0.25, -0.2) is 4.39 Å². The van der Waals surface area contributed by atoms with E-state index in [9.17, 15) is 4.39 Å². The number of rotatable bonds is 0. The van der Waals surface area contributed by atoms with Crippen LogP contribution < -0.4 is 11.1 Å². The maximum Gasteiger partial charge on any atom is 0.113 e. The highest BCUT2D eigenvalue weighted by Gasteiger charge is 2.13. The van der Waals surface area contributed by atoms with Crippen molar-refractivity contribution in [2.24, 2.45) is 5.73 Å². The molecule has 9 heavy (non-hydrogen) atoms. The second kappa shape index (κ2) is 3.13. The van der Waals surface area contributed by atoms with Crippen molar-refractivity contribution in [2.75, 3.05) is 13.1 Å². The highest BCUT2D eigenvalue weighted by molar-refractivity contribution is 4.73. The standard InChI is InChI=1S/C6H13FN2/c7-5-1-2-6(8)4-9-3-5/h5-6,9H,1-4,8H2/t5-,6-/m0/s1. The number of nitrogens with one attached hydrogen (secondary N) is 1. The van der Waals surface area contributed by atoms with Crippen LogP contribution >= 0.6 is 0 Å². The average molecular weight is 132 g/mol. The van der Waals surface area contributed by atoms with Gasteiger partial charge in [0.15, 0.2) is 0 Å². The molecule has 0 spiro atoms. The Bertz CT molecular complexity index is 77.1. The fourth-order valence-electron chi connectivity index (χ4n) is 1.02. The maximum atomic E-state index is 12.5. The van der Waals surface area contributed by atoms with Crippen LogP contribution in [-0.4, -0.2) is 25.3 Å². The molecule has 1 heterocycles.